The number of oxime groups is 1. The van der Waals surface area contributed by atoms with E-state index in [-0.39, 0.29) is 23.3 Å². The van der Waals surface area contributed by atoms with E-state index < -0.39 is 23.5 Å². The summed E-state index contributed by atoms with van der Waals surface area (Å²) in [5.74, 6) is 0. The minimum Gasteiger partial charge on any atom is -0.390 e. The summed E-state index contributed by atoms with van der Waals surface area (Å²) in [5, 5.41) is 3.61. The molecule has 0 N–H and O–H groups in total. The minimum atomic E-state index is -4.91. The first-order valence-electron chi connectivity index (χ1n) is 7.19. The van der Waals surface area contributed by atoms with Crippen molar-refractivity contribution in [1.29, 1.82) is 0 Å². The molecular weight excluding hydrogens is 380 g/mol. The van der Waals surface area contributed by atoms with E-state index in [4.69, 9.17) is 4.84 Å². The Kier molecular flexibility index (Phi) is 6.22. The number of halogens is 6. The Balaban J connectivity index is 2.34. The molecular formula is C17H13F6NOS. The van der Waals surface area contributed by atoms with Crippen LogP contribution in [0.1, 0.15) is 22.3 Å². The third kappa shape index (κ3) is 5.42. The van der Waals surface area contributed by atoms with Crippen LogP contribution in [0.3, 0.4) is 0 Å². The molecule has 0 radical (unpaired) electrons. The highest BCUT2D eigenvalue weighted by Gasteiger charge is 2.37. The molecule has 2 nitrogen and oxygen atoms in total. The van der Waals surface area contributed by atoms with Gasteiger partial charge in [-0.2, -0.15) is 26.3 Å². The van der Waals surface area contributed by atoms with Crippen LogP contribution in [0.4, 0.5) is 26.3 Å². The highest BCUT2D eigenvalue weighted by molar-refractivity contribution is 8.13. The van der Waals surface area contributed by atoms with E-state index in [1.807, 2.05) is 0 Å². The molecule has 9 heteroatoms. The number of benzene rings is 2. The number of rotatable bonds is 4. The summed E-state index contributed by atoms with van der Waals surface area (Å²) in [5.41, 5.74) is -2.34. The Morgan fingerprint density at radius 3 is 1.92 bits per heavy atom. The third-order valence-corrected chi connectivity index (χ3v) is 3.95. The van der Waals surface area contributed by atoms with Crippen molar-refractivity contribution < 1.29 is 31.2 Å². The second-order valence-electron chi connectivity index (χ2n) is 5.15. The van der Waals surface area contributed by atoms with Crippen LogP contribution in [0.15, 0.2) is 53.7 Å². The summed E-state index contributed by atoms with van der Waals surface area (Å²) < 4.78 is 77.6. The van der Waals surface area contributed by atoms with Gasteiger partial charge in [0.2, 0.25) is 0 Å². The van der Waals surface area contributed by atoms with Crippen LogP contribution >= 0.6 is 11.8 Å². The van der Waals surface area contributed by atoms with Gasteiger partial charge >= 0.3 is 12.4 Å². The molecule has 0 fully saturated rings. The summed E-state index contributed by atoms with van der Waals surface area (Å²) >= 11 is 0.887. The van der Waals surface area contributed by atoms with Gasteiger partial charge in [-0.25, -0.2) is 0 Å². The molecule has 0 unspecified atom stereocenters. The van der Waals surface area contributed by atoms with Crippen LogP contribution in [0.5, 0.6) is 0 Å². The van der Waals surface area contributed by atoms with Crippen LogP contribution in [0.25, 0.3) is 0 Å². The summed E-state index contributed by atoms with van der Waals surface area (Å²) in [6.45, 7) is 0.0377. The molecule has 0 aliphatic carbocycles. The quantitative estimate of drug-likeness (QED) is 0.276. The number of hydrogen-bond donors (Lipinski definition) is 0. The Bertz CT molecular complexity index is 739. The molecule has 0 aromatic heterocycles. The molecule has 0 saturated heterocycles. The van der Waals surface area contributed by atoms with Crippen molar-refractivity contribution in [2.75, 3.05) is 6.26 Å². The van der Waals surface area contributed by atoms with Gasteiger partial charge < -0.3 is 4.84 Å². The largest absolute Gasteiger partial charge is 0.416 e. The first kappa shape index (κ1) is 20.2. The molecule has 0 amide bonds. The van der Waals surface area contributed by atoms with Gasteiger partial charge in [-0.3, -0.25) is 0 Å². The lowest BCUT2D eigenvalue weighted by Crippen LogP contribution is -2.13. The highest BCUT2D eigenvalue weighted by atomic mass is 32.2. The van der Waals surface area contributed by atoms with Crippen LogP contribution in [0.2, 0.25) is 0 Å². The Hall–Kier alpha value is -2.16. The zero-order chi connectivity index (χ0) is 19.4. The molecule has 0 bridgehead atoms. The smallest absolute Gasteiger partial charge is 0.390 e. The van der Waals surface area contributed by atoms with Crippen molar-refractivity contribution in [3.63, 3.8) is 0 Å². The predicted octanol–water partition coefficient (Wildman–Crippen LogP) is 5.97. The molecule has 2 aromatic carbocycles. The van der Waals surface area contributed by atoms with Crippen molar-refractivity contribution in [1.82, 2.24) is 0 Å². The molecule has 0 spiro atoms. The summed E-state index contributed by atoms with van der Waals surface area (Å²) in [4.78, 5) is 5.08. The molecule has 0 heterocycles. The Morgan fingerprint density at radius 1 is 0.923 bits per heavy atom. The second kappa shape index (κ2) is 8.03. The van der Waals surface area contributed by atoms with E-state index >= 15 is 0 Å². The lowest BCUT2D eigenvalue weighted by Gasteiger charge is -2.14. The standard InChI is InChI=1S/C17H13F6NOS/c1-26-15(24-25-10-11-5-3-2-4-6-11)12-7-13(16(18,19)20)9-14(8-12)17(21,22)23/h2-9H,10H2,1H3. The number of thioether (sulfide) groups is 1. The van der Waals surface area contributed by atoms with Crippen molar-refractivity contribution in [2.24, 2.45) is 5.16 Å². The first-order chi connectivity index (χ1) is 12.1. The highest BCUT2D eigenvalue weighted by Crippen LogP contribution is 2.37. The van der Waals surface area contributed by atoms with E-state index in [1.165, 1.54) is 6.26 Å². The number of hydrogen-bond acceptors (Lipinski definition) is 3. The fraction of sp³-hybridized carbons (Fsp3) is 0.235. The fourth-order valence-corrected chi connectivity index (χ4v) is 2.51. The van der Waals surface area contributed by atoms with E-state index in [9.17, 15) is 26.3 Å². The van der Waals surface area contributed by atoms with Gasteiger partial charge in [-0.15, -0.1) is 11.8 Å². The van der Waals surface area contributed by atoms with Gasteiger partial charge in [0.05, 0.1) is 11.1 Å². The molecule has 26 heavy (non-hydrogen) atoms. The van der Waals surface area contributed by atoms with Gasteiger partial charge in [-0.05, 0) is 30.0 Å². The minimum absolute atomic E-state index is 0.0377. The molecule has 0 saturated carbocycles. The monoisotopic (exact) mass is 393 g/mol. The van der Waals surface area contributed by atoms with E-state index in [0.717, 1.165) is 17.3 Å². The molecule has 2 aromatic rings. The zero-order valence-corrected chi connectivity index (χ0v) is 14.2. The van der Waals surface area contributed by atoms with Crippen LogP contribution in [-0.2, 0) is 23.8 Å². The van der Waals surface area contributed by atoms with Gasteiger partial charge in [0.1, 0.15) is 11.7 Å². The zero-order valence-electron chi connectivity index (χ0n) is 13.4. The van der Waals surface area contributed by atoms with Crippen molar-refractivity contribution >= 4 is 16.8 Å². The van der Waals surface area contributed by atoms with E-state index in [1.54, 1.807) is 30.3 Å². The average molecular weight is 393 g/mol. The normalized spacial score (nSPS) is 13.0. The summed E-state index contributed by atoms with van der Waals surface area (Å²) in [6, 6.07) is 10.1. The van der Waals surface area contributed by atoms with Crippen molar-refractivity contribution in [3.05, 3.63) is 70.8 Å². The van der Waals surface area contributed by atoms with E-state index in [0.29, 0.717) is 12.1 Å². The molecule has 0 atom stereocenters. The van der Waals surface area contributed by atoms with Crippen molar-refractivity contribution in [3.8, 4) is 0 Å². The second-order valence-corrected chi connectivity index (χ2v) is 5.95. The van der Waals surface area contributed by atoms with Crippen LogP contribution in [-0.4, -0.2) is 11.3 Å². The summed E-state index contributed by atoms with van der Waals surface area (Å²) in [6.07, 6.45) is -8.34. The fourth-order valence-electron chi connectivity index (χ4n) is 2.03. The first-order valence-corrected chi connectivity index (χ1v) is 8.41. The maximum Gasteiger partial charge on any atom is 0.416 e. The molecule has 2 rings (SSSR count). The molecule has 140 valence electrons. The average Bonchev–Trinajstić information content (AvgIpc) is 2.58. The van der Waals surface area contributed by atoms with Gasteiger partial charge in [0.15, 0.2) is 0 Å². The lowest BCUT2D eigenvalue weighted by molar-refractivity contribution is -0.143. The number of alkyl halides is 6. The van der Waals surface area contributed by atoms with Crippen LogP contribution < -0.4 is 0 Å². The molecule has 0 aliphatic rings. The molecule has 0 aliphatic heterocycles. The SMILES string of the molecule is CSC(=NOCc1ccccc1)c1cc(C(F)(F)F)cc(C(F)(F)F)c1. The number of nitrogens with zero attached hydrogens (tertiary/aromatic N) is 1. The van der Waals surface area contributed by atoms with Gasteiger partial charge in [-0.1, -0.05) is 35.5 Å². The maximum absolute atomic E-state index is 12.9. The topological polar surface area (TPSA) is 21.6 Å². The Labute approximate surface area is 149 Å². The Morgan fingerprint density at radius 2 is 1.46 bits per heavy atom. The van der Waals surface area contributed by atoms with Crippen molar-refractivity contribution in [2.45, 2.75) is 19.0 Å². The van der Waals surface area contributed by atoms with Crippen LogP contribution in [0, 0.1) is 0 Å². The van der Waals surface area contributed by atoms with Gasteiger partial charge in [0, 0.05) is 5.56 Å². The third-order valence-electron chi connectivity index (χ3n) is 3.25. The predicted molar refractivity (Wildman–Crippen MR) is 87.7 cm³/mol. The maximum atomic E-state index is 12.9. The van der Waals surface area contributed by atoms with Gasteiger partial charge in [0.25, 0.3) is 0 Å². The summed E-state index contributed by atoms with van der Waals surface area (Å²) in [7, 11) is 0. The van der Waals surface area contributed by atoms with E-state index in [2.05, 4.69) is 5.16 Å². The lowest BCUT2D eigenvalue weighted by atomic mass is 10.1.